The summed E-state index contributed by atoms with van der Waals surface area (Å²) in [6.45, 7) is 0.334. The molecule has 3 rings (SSSR count). The molecule has 2 heterocycles. The second kappa shape index (κ2) is 6.69. The molecule has 0 aliphatic heterocycles. The van der Waals surface area contributed by atoms with Gasteiger partial charge in [-0.2, -0.15) is 10.1 Å². The molecule has 1 N–H and O–H groups in total. The summed E-state index contributed by atoms with van der Waals surface area (Å²) in [7, 11) is 1.59. The summed E-state index contributed by atoms with van der Waals surface area (Å²) in [4.78, 5) is 16.0. The van der Waals surface area contributed by atoms with E-state index in [4.69, 9.17) is 9.26 Å². The van der Waals surface area contributed by atoms with Crippen molar-refractivity contribution in [3.05, 3.63) is 34.5 Å². The lowest BCUT2D eigenvalue weighted by Gasteiger charge is -2.28. The van der Waals surface area contributed by atoms with Gasteiger partial charge in [0, 0.05) is 25.4 Å². The zero-order valence-electron chi connectivity index (χ0n) is 12.4. The van der Waals surface area contributed by atoms with Crippen LogP contribution in [0.2, 0.25) is 0 Å². The average Bonchev–Trinajstić information content (AvgIpc) is 2.96. The van der Waals surface area contributed by atoms with E-state index in [9.17, 15) is 4.79 Å². The highest BCUT2D eigenvalue weighted by molar-refractivity contribution is 5.20. The molecule has 8 heteroatoms. The highest BCUT2D eigenvalue weighted by Gasteiger charge is 2.24. The molecular formula is C14H19N5O3. The number of nitrogens with zero attached hydrogens (tertiary/aromatic N) is 4. The zero-order chi connectivity index (χ0) is 15.4. The largest absolute Gasteiger partial charge is 0.377 e. The lowest BCUT2D eigenvalue weighted by Crippen LogP contribution is -2.32. The van der Waals surface area contributed by atoms with Gasteiger partial charge in [-0.05, 0) is 31.7 Å². The summed E-state index contributed by atoms with van der Waals surface area (Å²) in [6.07, 6.45) is 5.30. The molecule has 0 spiro atoms. The van der Waals surface area contributed by atoms with E-state index in [-0.39, 0.29) is 17.6 Å². The van der Waals surface area contributed by atoms with Crippen LogP contribution in [0, 0.1) is 0 Å². The Morgan fingerprint density at radius 3 is 2.95 bits per heavy atom. The highest BCUT2D eigenvalue weighted by atomic mass is 16.5. The van der Waals surface area contributed by atoms with Crippen molar-refractivity contribution in [1.29, 1.82) is 0 Å². The van der Waals surface area contributed by atoms with E-state index in [1.54, 1.807) is 30.1 Å². The quantitative estimate of drug-likeness (QED) is 0.891. The van der Waals surface area contributed by atoms with E-state index in [0.717, 1.165) is 25.7 Å². The van der Waals surface area contributed by atoms with Gasteiger partial charge in [0.1, 0.15) is 6.61 Å². The Kier molecular flexibility index (Phi) is 4.47. The standard InChI is InChI=1S/C14H19N5O3/c1-21-9-12-17-14(22-18-12)16-10-4-6-11(7-5-10)19-13(20)3-2-8-15-19/h2-3,8,10-11H,4-7,9H2,1H3,(H,16,17,18). The van der Waals surface area contributed by atoms with Gasteiger partial charge in [0.15, 0.2) is 5.82 Å². The molecule has 0 bridgehead atoms. The van der Waals surface area contributed by atoms with Crippen molar-refractivity contribution in [3.8, 4) is 0 Å². The van der Waals surface area contributed by atoms with Crippen LogP contribution in [0.5, 0.6) is 0 Å². The van der Waals surface area contributed by atoms with Crippen LogP contribution in [0.25, 0.3) is 0 Å². The number of rotatable bonds is 5. The summed E-state index contributed by atoms with van der Waals surface area (Å²) < 4.78 is 11.7. The van der Waals surface area contributed by atoms with Crippen molar-refractivity contribution in [3.63, 3.8) is 0 Å². The van der Waals surface area contributed by atoms with E-state index < -0.39 is 0 Å². The van der Waals surface area contributed by atoms with E-state index in [2.05, 4.69) is 20.6 Å². The molecule has 2 aromatic rings. The molecule has 22 heavy (non-hydrogen) atoms. The van der Waals surface area contributed by atoms with Crippen molar-refractivity contribution >= 4 is 6.01 Å². The average molecular weight is 305 g/mol. The molecule has 0 unspecified atom stereocenters. The van der Waals surface area contributed by atoms with Crippen LogP contribution in [0.1, 0.15) is 37.5 Å². The maximum absolute atomic E-state index is 11.8. The van der Waals surface area contributed by atoms with Crippen LogP contribution in [-0.2, 0) is 11.3 Å². The van der Waals surface area contributed by atoms with Gasteiger partial charge in [0.25, 0.3) is 5.56 Å². The summed E-state index contributed by atoms with van der Waals surface area (Å²) in [5.74, 6) is 0.527. The Morgan fingerprint density at radius 2 is 2.23 bits per heavy atom. The Balaban J connectivity index is 1.55. The normalized spacial score (nSPS) is 21.7. The lowest BCUT2D eigenvalue weighted by atomic mass is 9.91. The maximum atomic E-state index is 11.8. The molecule has 0 radical (unpaired) electrons. The van der Waals surface area contributed by atoms with Crippen molar-refractivity contribution < 1.29 is 9.26 Å². The molecule has 8 nitrogen and oxygen atoms in total. The minimum atomic E-state index is -0.0417. The van der Waals surface area contributed by atoms with Gasteiger partial charge in [-0.25, -0.2) is 4.68 Å². The number of aromatic nitrogens is 4. The SMILES string of the molecule is COCc1noc(NC2CCC(n3ncccc3=O)CC2)n1. The monoisotopic (exact) mass is 305 g/mol. The predicted octanol–water partition coefficient (Wildman–Crippen LogP) is 1.37. The van der Waals surface area contributed by atoms with Crippen LogP contribution in [0.15, 0.2) is 27.6 Å². The van der Waals surface area contributed by atoms with Gasteiger partial charge in [-0.1, -0.05) is 5.16 Å². The number of anilines is 1. The van der Waals surface area contributed by atoms with Crippen LogP contribution < -0.4 is 10.9 Å². The van der Waals surface area contributed by atoms with Crippen molar-refractivity contribution in [1.82, 2.24) is 19.9 Å². The molecule has 0 amide bonds. The highest BCUT2D eigenvalue weighted by Crippen LogP contribution is 2.28. The Morgan fingerprint density at radius 1 is 1.41 bits per heavy atom. The fourth-order valence-corrected chi connectivity index (χ4v) is 2.78. The fourth-order valence-electron chi connectivity index (χ4n) is 2.78. The lowest BCUT2D eigenvalue weighted by molar-refractivity contribution is 0.174. The van der Waals surface area contributed by atoms with Gasteiger partial charge in [-0.15, -0.1) is 0 Å². The molecule has 0 aromatic carbocycles. The molecule has 2 aromatic heterocycles. The fraction of sp³-hybridized carbons (Fsp3) is 0.571. The maximum Gasteiger partial charge on any atom is 0.321 e. The summed E-state index contributed by atoms with van der Waals surface area (Å²) in [5.41, 5.74) is -0.0417. The molecule has 1 fully saturated rings. The van der Waals surface area contributed by atoms with E-state index in [0.29, 0.717) is 18.4 Å². The Hall–Kier alpha value is -2.22. The van der Waals surface area contributed by atoms with Gasteiger partial charge < -0.3 is 14.6 Å². The minimum absolute atomic E-state index is 0.0417. The molecule has 1 aliphatic rings. The third-order valence-electron chi connectivity index (χ3n) is 3.85. The number of methoxy groups -OCH3 is 1. The first-order chi connectivity index (χ1) is 10.8. The summed E-state index contributed by atoms with van der Waals surface area (Å²) in [5, 5.41) is 11.2. The van der Waals surface area contributed by atoms with Crippen molar-refractivity contribution in [2.24, 2.45) is 0 Å². The van der Waals surface area contributed by atoms with Gasteiger partial charge in [0.05, 0.1) is 6.04 Å². The zero-order valence-corrected chi connectivity index (χ0v) is 12.4. The van der Waals surface area contributed by atoms with Crippen LogP contribution in [0.3, 0.4) is 0 Å². The first kappa shape index (κ1) is 14.7. The van der Waals surface area contributed by atoms with Crippen LogP contribution in [0.4, 0.5) is 6.01 Å². The third-order valence-corrected chi connectivity index (χ3v) is 3.85. The summed E-state index contributed by atoms with van der Waals surface area (Å²) in [6, 6.07) is 4.07. The topological polar surface area (TPSA) is 95.1 Å². The molecule has 0 saturated heterocycles. The Bertz CT molecular complexity index is 660. The van der Waals surface area contributed by atoms with Crippen molar-refractivity contribution in [2.75, 3.05) is 12.4 Å². The molecule has 118 valence electrons. The molecule has 0 atom stereocenters. The first-order valence-electron chi connectivity index (χ1n) is 7.38. The predicted molar refractivity (Wildman–Crippen MR) is 78.4 cm³/mol. The van der Waals surface area contributed by atoms with Crippen LogP contribution >= 0.6 is 0 Å². The van der Waals surface area contributed by atoms with Gasteiger partial charge in [-0.3, -0.25) is 4.79 Å². The number of hydrogen-bond acceptors (Lipinski definition) is 7. The second-order valence-corrected chi connectivity index (χ2v) is 5.41. The number of nitrogens with one attached hydrogen (secondary N) is 1. The van der Waals surface area contributed by atoms with E-state index in [1.807, 2.05) is 0 Å². The third kappa shape index (κ3) is 3.33. The molecular weight excluding hydrogens is 286 g/mol. The number of hydrogen-bond donors (Lipinski definition) is 1. The van der Waals surface area contributed by atoms with E-state index in [1.165, 1.54) is 0 Å². The molecule has 1 aliphatic carbocycles. The smallest absolute Gasteiger partial charge is 0.321 e. The first-order valence-corrected chi connectivity index (χ1v) is 7.38. The minimum Gasteiger partial charge on any atom is -0.377 e. The second-order valence-electron chi connectivity index (χ2n) is 5.41. The Labute approximate surface area is 127 Å². The number of ether oxygens (including phenoxy) is 1. The van der Waals surface area contributed by atoms with Crippen molar-refractivity contribution in [2.45, 2.75) is 44.4 Å². The molecule has 1 saturated carbocycles. The van der Waals surface area contributed by atoms with Crippen LogP contribution in [-0.4, -0.2) is 33.1 Å². The summed E-state index contributed by atoms with van der Waals surface area (Å²) >= 11 is 0. The van der Waals surface area contributed by atoms with E-state index >= 15 is 0 Å². The van der Waals surface area contributed by atoms with Gasteiger partial charge >= 0.3 is 6.01 Å². The van der Waals surface area contributed by atoms with Gasteiger partial charge in [0.2, 0.25) is 0 Å².